The Balaban J connectivity index is 2.44. The Kier molecular flexibility index (Phi) is 6.37. The zero-order chi connectivity index (χ0) is 15.2. The molecule has 0 aromatic carbocycles. The van der Waals surface area contributed by atoms with E-state index in [0.717, 1.165) is 0 Å². The molecule has 0 aromatic heterocycles. The monoisotopic (exact) mass is 308 g/mol. The Morgan fingerprint density at radius 3 is 2.75 bits per heavy atom. The average molecular weight is 308 g/mol. The van der Waals surface area contributed by atoms with Crippen molar-refractivity contribution >= 4 is 21.9 Å². The number of carboxylic acid groups (broad SMARTS) is 1. The molecule has 1 amide bonds. The number of nitrogens with zero attached hydrogens (tertiary/aromatic N) is 1. The SMILES string of the molecule is COCCCS(=O)(=O)NCC(=O)N1CCC[C@@H]1C(=O)O. The van der Waals surface area contributed by atoms with Crippen LogP contribution in [-0.2, 0) is 24.3 Å². The number of hydrogen-bond acceptors (Lipinski definition) is 5. The Morgan fingerprint density at radius 2 is 2.15 bits per heavy atom. The van der Waals surface area contributed by atoms with Crippen LogP contribution in [0, 0.1) is 0 Å². The highest BCUT2D eigenvalue weighted by atomic mass is 32.2. The van der Waals surface area contributed by atoms with Gasteiger partial charge in [0.2, 0.25) is 15.9 Å². The van der Waals surface area contributed by atoms with Crippen LogP contribution in [0.1, 0.15) is 19.3 Å². The molecule has 0 aliphatic carbocycles. The zero-order valence-corrected chi connectivity index (χ0v) is 12.2. The minimum absolute atomic E-state index is 0.128. The van der Waals surface area contributed by atoms with Crippen molar-refractivity contribution in [2.24, 2.45) is 0 Å². The molecule has 1 atom stereocenters. The predicted molar refractivity (Wildman–Crippen MR) is 70.7 cm³/mol. The third-order valence-corrected chi connectivity index (χ3v) is 4.47. The van der Waals surface area contributed by atoms with E-state index in [1.165, 1.54) is 12.0 Å². The molecule has 1 rings (SSSR count). The van der Waals surface area contributed by atoms with Crippen molar-refractivity contribution in [1.29, 1.82) is 0 Å². The summed E-state index contributed by atoms with van der Waals surface area (Å²) in [5.74, 6) is -1.69. The van der Waals surface area contributed by atoms with Gasteiger partial charge in [0.25, 0.3) is 0 Å². The third kappa shape index (κ3) is 5.06. The summed E-state index contributed by atoms with van der Waals surface area (Å²) in [6, 6.07) is -0.847. The highest BCUT2D eigenvalue weighted by Gasteiger charge is 2.33. The number of likely N-dealkylation sites (tertiary alicyclic amines) is 1. The lowest BCUT2D eigenvalue weighted by Crippen LogP contribution is -2.45. The summed E-state index contributed by atoms with van der Waals surface area (Å²) in [5.41, 5.74) is 0. The molecule has 0 radical (unpaired) electrons. The number of carbonyl (C=O) groups excluding carboxylic acids is 1. The number of ether oxygens (including phenoxy) is 1. The number of hydrogen-bond donors (Lipinski definition) is 2. The van der Waals surface area contributed by atoms with E-state index in [2.05, 4.69) is 4.72 Å². The fourth-order valence-corrected chi connectivity index (χ4v) is 3.05. The van der Waals surface area contributed by atoms with Gasteiger partial charge >= 0.3 is 5.97 Å². The Labute approximate surface area is 118 Å². The lowest BCUT2D eigenvalue weighted by atomic mass is 10.2. The molecule has 20 heavy (non-hydrogen) atoms. The number of aliphatic carboxylic acids is 1. The highest BCUT2D eigenvalue weighted by molar-refractivity contribution is 7.89. The van der Waals surface area contributed by atoms with E-state index in [4.69, 9.17) is 9.84 Å². The molecular weight excluding hydrogens is 288 g/mol. The maximum atomic E-state index is 11.8. The number of carbonyl (C=O) groups is 2. The van der Waals surface area contributed by atoms with Gasteiger partial charge in [-0.3, -0.25) is 4.79 Å². The van der Waals surface area contributed by atoms with Gasteiger partial charge in [-0.15, -0.1) is 0 Å². The van der Waals surface area contributed by atoms with Crippen LogP contribution in [0.3, 0.4) is 0 Å². The molecule has 1 heterocycles. The number of nitrogens with one attached hydrogen (secondary N) is 1. The van der Waals surface area contributed by atoms with E-state index < -0.39 is 34.5 Å². The van der Waals surface area contributed by atoms with Gasteiger partial charge in [-0.05, 0) is 19.3 Å². The molecule has 1 saturated heterocycles. The smallest absolute Gasteiger partial charge is 0.326 e. The second-order valence-electron chi connectivity index (χ2n) is 4.57. The lowest BCUT2D eigenvalue weighted by Gasteiger charge is -2.21. The van der Waals surface area contributed by atoms with Crippen LogP contribution in [0.15, 0.2) is 0 Å². The normalized spacial score (nSPS) is 19.2. The molecule has 0 unspecified atom stereocenters. The zero-order valence-electron chi connectivity index (χ0n) is 11.4. The van der Waals surface area contributed by atoms with Crippen molar-refractivity contribution in [2.75, 3.05) is 32.6 Å². The molecule has 8 nitrogen and oxygen atoms in total. The van der Waals surface area contributed by atoms with E-state index in [1.807, 2.05) is 0 Å². The maximum Gasteiger partial charge on any atom is 0.326 e. The summed E-state index contributed by atoms with van der Waals surface area (Å²) in [6.45, 7) is 0.266. The molecule has 1 aliphatic rings. The van der Waals surface area contributed by atoms with Gasteiger partial charge in [0.15, 0.2) is 0 Å². The largest absolute Gasteiger partial charge is 0.480 e. The predicted octanol–water partition coefficient (Wildman–Crippen LogP) is -0.982. The van der Waals surface area contributed by atoms with Crippen LogP contribution in [0.2, 0.25) is 0 Å². The third-order valence-electron chi connectivity index (χ3n) is 3.06. The number of carboxylic acids is 1. The van der Waals surface area contributed by atoms with Crippen LogP contribution in [0.4, 0.5) is 0 Å². The van der Waals surface area contributed by atoms with Gasteiger partial charge in [0, 0.05) is 20.3 Å². The molecule has 0 spiro atoms. The van der Waals surface area contributed by atoms with Crippen molar-refractivity contribution in [3.8, 4) is 0 Å². The summed E-state index contributed by atoms with van der Waals surface area (Å²) in [5, 5.41) is 8.96. The standard InChI is InChI=1S/C11H20N2O6S/c1-19-6-3-7-20(17,18)12-8-10(14)13-5-2-4-9(13)11(15)16/h9,12H,2-8H2,1H3,(H,15,16)/t9-/m1/s1. The van der Waals surface area contributed by atoms with Crippen LogP contribution in [-0.4, -0.2) is 68.9 Å². The van der Waals surface area contributed by atoms with Crippen molar-refractivity contribution in [3.05, 3.63) is 0 Å². The summed E-state index contributed by atoms with van der Waals surface area (Å²) < 4.78 is 30.1. The van der Waals surface area contributed by atoms with Crippen LogP contribution >= 0.6 is 0 Å². The molecule has 2 N–H and O–H groups in total. The lowest BCUT2D eigenvalue weighted by molar-refractivity contribution is -0.147. The van der Waals surface area contributed by atoms with Crippen molar-refractivity contribution in [3.63, 3.8) is 0 Å². The van der Waals surface area contributed by atoms with Gasteiger partial charge < -0.3 is 14.7 Å². The molecule has 116 valence electrons. The summed E-state index contributed by atoms with van der Waals surface area (Å²) >= 11 is 0. The quantitative estimate of drug-likeness (QED) is 0.557. The van der Waals surface area contributed by atoms with Crippen LogP contribution in [0.25, 0.3) is 0 Å². The van der Waals surface area contributed by atoms with Gasteiger partial charge in [-0.1, -0.05) is 0 Å². The second-order valence-corrected chi connectivity index (χ2v) is 6.50. The Morgan fingerprint density at radius 1 is 1.45 bits per heavy atom. The summed E-state index contributed by atoms with van der Waals surface area (Å²) in [4.78, 5) is 24.0. The minimum Gasteiger partial charge on any atom is -0.480 e. The van der Waals surface area contributed by atoms with Gasteiger partial charge in [-0.25, -0.2) is 17.9 Å². The summed E-state index contributed by atoms with van der Waals surface area (Å²) in [7, 11) is -2.07. The summed E-state index contributed by atoms with van der Waals surface area (Å²) in [6.07, 6.45) is 1.35. The molecule has 0 aromatic rings. The van der Waals surface area contributed by atoms with Gasteiger partial charge in [0.05, 0.1) is 12.3 Å². The van der Waals surface area contributed by atoms with Crippen molar-refractivity contribution in [2.45, 2.75) is 25.3 Å². The molecule has 1 fully saturated rings. The topological polar surface area (TPSA) is 113 Å². The van der Waals surface area contributed by atoms with E-state index in [9.17, 15) is 18.0 Å². The van der Waals surface area contributed by atoms with E-state index in [0.29, 0.717) is 32.4 Å². The van der Waals surface area contributed by atoms with Crippen molar-refractivity contribution < 1.29 is 27.9 Å². The maximum absolute atomic E-state index is 11.8. The van der Waals surface area contributed by atoms with E-state index in [-0.39, 0.29) is 5.75 Å². The Bertz CT molecular complexity index is 450. The first-order valence-corrected chi connectivity index (χ1v) is 8.01. The van der Waals surface area contributed by atoms with Gasteiger partial charge in [-0.2, -0.15) is 0 Å². The molecule has 0 bridgehead atoms. The number of amides is 1. The first-order valence-electron chi connectivity index (χ1n) is 6.36. The fourth-order valence-electron chi connectivity index (χ4n) is 2.06. The van der Waals surface area contributed by atoms with Gasteiger partial charge in [0.1, 0.15) is 6.04 Å². The van der Waals surface area contributed by atoms with E-state index >= 15 is 0 Å². The minimum atomic E-state index is -3.54. The number of sulfonamides is 1. The van der Waals surface area contributed by atoms with Crippen LogP contribution < -0.4 is 4.72 Å². The van der Waals surface area contributed by atoms with E-state index in [1.54, 1.807) is 0 Å². The molecule has 1 aliphatic heterocycles. The number of methoxy groups -OCH3 is 1. The Hall–Kier alpha value is -1.19. The highest BCUT2D eigenvalue weighted by Crippen LogP contribution is 2.17. The number of rotatable bonds is 8. The molecular formula is C11H20N2O6S. The fraction of sp³-hybridized carbons (Fsp3) is 0.818. The first-order chi connectivity index (χ1) is 9.37. The second kappa shape index (κ2) is 7.55. The molecule has 0 saturated carbocycles. The molecule has 9 heteroatoms. The van der Waals surface area contributed by atoms with Crippen molar-refractivity contribution in [1.82, 2.24) is 9.62 Å². The first kappa shape index (κ1) is 16.9. The average Bonchev–Trinajstić information content (AvgIpc) is 2.85. The van der Waals surface area contributed by atoms with Crippen LogP contribution in [0.5, 0.6) is 0 Å².